The second-order valence-corrected chi connectivity index (χ2v) is 6.40. The molecule has 2 nitrogen and oxygen atoms in total. The van der Waals surface area contributed by atoms with Crippen molar-refractivity contribution in [2.75, 3.05) is 0 Å². The molecule has 0 radical (unpaired) electrons. The normalized spacial score (nSPS) is 12.4. The van der Waals surface area contributed by atoms with Gasteiger partial charge in [0.2, 0.25) is 0 Å². The summed E-state index contributed by atoms with van der Waals surface area (Å²) < 4.78 is 0.981. The zero-order valence-electron chi connectivity index (χ0n) is 11.6. The first-order chi connectivity index (χ1) is 9.49. The summed E-state index contributed by atoms with van der Waals surface area (Å²) >= 11 is 9.70. The lowest BCUT2D eigenvalue weighted by Gasteiger charge is -2.18. The number of nitrogens with two attached hydrogens (primary N) is 1. The Morgan fingerprint density at radius 1 is 1.15 bits per heavy atom. The first kappa shape index (κ1) is 15.5. The zero-order valence-corrected chi connectivity index (χ0v) is 13.9. The van der Waals surface area contributed by atoms with Crippen molar-refractivity contribution in [2.45, 2.75) is 26.3 Å². The average Bonchev–Trinajstić information content (AvgIpc) is 2.36. The number of aryl methyl sites for hydroxylation is 2. The number of nitrogens with one attached hydrogen (secondary N) is 1. The second kappa shape index (κ2) is 6.72. The summed E-state index contributed by atoms with van der Waals surface area (Å²) in [7, 11) is 0. The number of hydrogen-bond donors (Lipinski definition) is 2. The molecule has 0 fully saturated rings. The van der Waals surface area contributed by atoms with Gasteiger partial charge in [0.05, 0.1) is 6.04 Å². The molecule has 2 aromatic rings. The smallest absolute Gasteiger partial charge is 0.0501 e. The van der Waals surface area contributed by atoms with E-state index in [1.54, 1.807) is 0 Å². The Morgan fingerprint density at radius 2 is 1.80 bits per heavy atom. The molecule has 0 aliphatic rings. The van der Waals surface area contributed by atoms with E-state index < -0.39 is 0 Å². The highest BCUT2D eigenvalue weighted by atomic mass is 79.9. The Morgan fingerprint density at radius 3 is 2.35 bits per heavy atom. The van der Waals surface area contributed by atoms with Crippen LogP contribution in [0.1, 0.15) is 28.3 Å². The van der Waals surface area contributed by atoms with Crippen LogP contribution in [0.25, 0.3) is 0 Å². The zero-order chi connectivity index (χ0) is 14.7. The van der Waals surface area contributed by atoms with E-state index in [9.17, 15) is 0 Å². The van der Waals surface area contributed by atoms with E-state index >= 15 is 0 Å². The summed E-state index contributed by atoms with van der Waals surface area (Å²) in [4.78, 5) is 0. The molecule has 0 saturated heterocycles. The van der Waals surface area contributed by atoms with Gasteiger partial charge in [0.15, 0.2) is 0 Å². The van der Waals surface area contributed by atoms with Gasteiger partial charge in [-0.3, -0.25) is 11.3 Å². The minimum Gasteiger partial charge on any atom is -0.271 e. The van der Waals surface area contributed by atoms with Crippen LogP contribution in [0.3, 0.4) is 0 Å². The number of hydrogen-bond acceptors (Lipinski definition) is 2. The van der Waals surface area contributed by atoms with E-state index in [0.717, 1.165) is 21.5 Å². The van der Waals surface area contributed by atoms with Crippen molar-refractivity contribution in [3.05, 3.63) is 68.1 Å². The fourth-order valence-corrected chi connectivity index (χ4v) is 3.14. The van der Waals surface area contributed by atoms with E-state index in [4.69, 9.17) is 17.4 Å². The van der Waals surface area contributed by atoms with Gasteiger partial charge < -0.3 is 0 Å². The second-order valence-electron chi connectivity index (χ2n) is 5.08. The van der Waals surface area contributed by atoms with E-state index in [1.165, 1.54) is 16.7 Å². The Hall–Kier alpha value is -0.870. The van der Waals surface area contributed by atoms with Gasteiger partial charge in [0, 0.05) is 9.50 Å². The van der Waals surface area contributed by atoms with Crippen LogP contribution in [0, 0.1) is 13.8 Å². The van der Waals surface area contributed by atoms with Crippen molar-refractivity contribution in [1.82, 2.24) is 5.43 Å². The van der Waals surface area contributed by atoms with Gasteiger partial charge >= 0.3 is 0 Å². The van der Waals surface area contributed by atoms with Crippen LogP contribution in [-0.4, -0.2) is 0 Å². The van der Waals surface area contributed by atoms with Crippen molar-refractivity contribution in [3.8, 4) is 0 Å². The lowest BCUT2D eigenvalue weighted by Crippen LogP contribution is -2.29. The third-order valence-corrected chi connectivity index (χ3v) is 4.13. The molecule has 0 saturated carbocycles. The molecule has 20 heavy (non-hydrogen) atoms. The van der Waals surface area contributed by atoms with Crippen LogP contribution >= 0.6 is 27.5 Å². The fourth-order valence-electron chi connectivity index (χ4n) is 2.39. The molecule has 0 bridgehead atoms. The van der Waals surface area contributed by atoms with E-state index in [2.05, 4.69) is 53.4 Å². The Balaban J connectivity index is 2.28. The lowest BCUT2D eigenvalue weighted by atomic mass is 9.96. The topological polar surface area (TPSA) is 38.0 Å². The molecule has 0 aliphatic carbocycles. The maximum absolute atomic E-state index is 6.28. The molecule has 1 atom stereocenters. The molecule has 106 valence electrons. The summed E-state index contributed by atoms with van der Waals surface area (Å²) in [5.74, 6) is 5.73. The van der Waals surface area contributed by atoms with Gasteiger partial charge in [-0.25, -0.2) is 0 Å². The summed E-state index contributed by atoms with van der Waals surface area (Å²) in [6.45, 7) is 4.19. The SMILES string of the molecule is Cc1cc(C)cc(C(Cc2ccc(Br)cc2Cl)NN)c1. The number of halogens is 2. The molecule has 2 rings (SSSR count). The molecule has 0 amide bonds. The van der Waals surface area contributed by atoms with Crippen LogP contribution < -0.4 is 11.3 Å². The van der Waals surface area contributed by atoms with Crippen molar-refractivity contribution in [2.24, 2.45) is 5.84 Å². The maximum Gasteiger partial charge on any atom is 0.0501 e. The lowest BCUT2D eigenvalue weighted by molar-refractivity contribution is 0.551. The van der Waals surface area contributed by atoms with Gasteiger partial charge in [-0.2, -0.15) is 0 Å². The van der Waals surface area contributed by atoms with Gasteiger partial charge in [0.1, 0.15) is 0 Å². The molecule has 1 unspecified atom stereocenters. The van der Waals surface area contributed by atoms with Crippen LogP contribution in [0.5, 0.6) is 0 Å². The van der Waals surface area contributed by atoms with Crippen molar-refractivity contribution in [1.29, 1.82) is 0 Å². The number of benzene rings is 2. The molecule has 4 heteroatoms. The standard InChI is InChI=1S/C16H18BrClN2/c1-10-5-11(2)7-13(6-10)16(20-19)8-12-3-4-14(17)9-15(12)18/h3-7,9,16,20H,8,19H2,1-2H3. The Kier molecular flexibility index (Phi) is 5.22. The minimum absolute atomic E-state index is 0.0484. The first-order valence-electron chi connectivity index (χ1n) is 6.48. The quantitative estimate of drug-likeness (QED) is 0.629. The molecule has 3 N–H and O–H groups in total. The van der Waals surface area contributed by atoms with Crippen molar-refractivity contribution >= 4 is 27.5 Å². The van der Waals surface area contributed by atoms with E-state index in [1.807, 2.05) is 18.2 Å². The van der Waals surface area contributed by atoms with E-state index in [-0.39, 0.29) is 6.04 Å². The molecule has 0 spiro atoms. The molecule has 0 heterocycles. The van der Waals surface area contributed by atoms with Crippen LogP contribution in [0.15, 0.2) is 40.9 Å². The van der Waals surface area contributed by atoms with Crippen LogP contribution in [0.2, 0.25) is 5.02 Å². The van der Waals surface area contributed by atoms with Crippen LogP contribution in [0.4, 0.5) is 0 Å². The predicted octanol–water partition coefficient (Wildman–Crippen LogP) is 4.47. The summed E-state index contributed by atoms with van der Waals surface area (Å²) in [6.07, 6.45) is 0.755. The third kappa shape index (κ3) is 3.83. The number of hydrazine groups is 1. The molecular weight excluding hydrogens is 336 g/mol. The predicted molar refractivity (Wildman–Crippen MR) is 88.8 cm³/mol. The fraction of sp³-hybridized carbons (Fsp3) is 0.250. The summed E-state index contributed by atoms with van der Waals surface area (Å²) in [5, 5.41) is 0.754. The number of rotatable bonds is 4. The Bertz CT molecular complexity index is 593. The van der Waals surface area contributed by atoms with Gasteiger partial charge in [-0.1, -0.05) is 62.9 Å². The largest absolute Gasteiger partial charge is 0.271 e. The first-order valence-corrected chi connectivity index (χ1v) is 7.65. The monoisotopic (exact) mass is 352 g/mol. The minimum atomic E-state index is 0.0484. The van der Waals surface area contributed by atoms with Gasteiger partial charge in [0.25, 0.3) is 0 Å². The van der Waals surface area contributed by atoms with Crippen molar-refractivity contribution < 1.29 is 0 Å². The average molecular weight is 354 g/mol. The molecule has 0 aliphatic heterocycles. The highest BCUT2D eigenvalue weighted by Crippen LogP contribution is 2.27. The highest BCUT2D eigenvalue weighted by molar-refractivity contribution is 9.10. The molecule has 0 aromatic heterocycles. The summed E-state index contributed by atoms with van der Waals surface area (Å²) in [5.41, 5.74) is 7.63. The van der Waals surface area contributed by atoms with Gasteiger partial charge in [-0.15, -0.1) is 0 Å². The van der Waals surface area contributed by atoms with E-state index in [0.29, 0.717) is 0 Å². The van der Waals surface area contributed by atoms with Gasteiger partial charge in [-0.05, 0) is 43.5 Å². The third-order valence-electron chi connectivity index (χ3n) is 3.29. The maximum atomic E-state index is 6.28. The molecule has 2 aromatic carbocycles. The Labute approximate surface area is 133 Å². The summed E-state index contributed by atoms with van der Waals surface area (Å²) in [6, 6.07) is 12.5. The van der Waals surface area contributed by atoms with Crippen molar-refractivity contribution in [3.63, 3.8) is 0 Å². The highest BCUT2D eigenvalue weighted by Gasteiger charge is 2.13. The molecular formula is C16H18BrClN2. The van der Waals surface area contributed by atoms with Crippen LogP contribution in [-0.2, 0) is 6.42 Å².